The third-order valence-electron chi connectivity index (χ3n) is 7.20. The van der Waals surface area contributed by atoms with Gasteiger partial charge in [-0.05, 0) is 61.2 Å². The molecule has 2 N–H and O–H groups in total. The van der Waals surface area contributed by atoms with E-state index in [2.05, 4.69) is 40.4 Å². The highest BCUT2D eigenvalue weighted by Gasteiger charge is 2.40. The molecule has 3 aromatic heterocycles. The first kappa shape index (κ1) is 27.9. The van der Waals surface area contributed by atoms with Crippen LogP contribution in [0, 0.1) is 18.8 Å². The van der Waals surface area contributed by atoms with Crippen molar-refractivity contribution in [2.75, 3.05) is 6.61 Å². The molecule has 0 spiro atoms. The average molecular weight is 572 g/mol. The van der Waals surface area contributed by atoms with E-state index in [0.29, 0.717) is 16.9 Å². The summed E-state index contributed by atoms with van der Waals surface area (Å²) in [6.45, 7) is 0.376. The molecule has 3 aromatic rings. The molecule has 40 heavy (non-hydrogen) atoms. The van der Waals surface area contributed by atoms with Gasteiger partial charge in [0.1, 0.15) is 12.3 Å². The van der Waals surface area contributed by atoms with E-state index < -0.39 is 42.8 Å². The van der Waals surface area contributed by atoms with Crippen LogP contribution in [0.15, 0.2) is 23.1 Å². The number of ether oxygens (including phenoxy) is 1. The number of aryl methyl sites for hydroxylation is 1. The molecule has 5 rings (SSSR count). The van der Waals surface area contributed by atoms with Crippen LogP contribution < -0.4 is 10.6 Å². The van der Waals surface area contributed by atoms with Gasteiger partial charge in [-0.15, -0.1) is 13.2 Å². The molecule has 0 aromatic carbocycles. The van der Waals surface area contributed by atoms with Gasteiger partial charge in [-0.25, -0.2) is 22.9 Å². The third kappa shape index (κ3) is 6.54. The standard InChI is InChI=1S/C24H26F5N7O4/c1-12-19(35-40-34-12)22(38)33-21(14-4-6-23(25,26)7-5-14)16-10-36-17(31-16)8-15(9-30-36)20(13-2-3-13)32-18(37)11-39-24(27,28)29/h8-10,13-14,20-21H,2-7,11H2,1H3,(H,32,37)(H,33,38)/t20?,21-/m0/s1. The van der Waals surface area contributed by atoms with Crippen LogP contribution in [0.3, 0.4) is 0 Å². The lowest BCUT2D eigenvalue weighted by Crippen LogP contribution is -2.37. The van der Waals surface area contributed by atoms with Crippen LogP contribution >= 0.6 is 0 Å². The Morgan fingerprint density at radius 2 is 1.82 bits per heavy atom. The van der Waals surface area contributed by atoms with Crippen LogP contribution in [0.5, 0.6) is 0 Å². The van der Waals surface area contributed by atoms with Crippen molar-refractivity contribution < 1.29 is 40.9 Å². The van der Waals surface area contributed by atoms with Crippen molar-refractivity contribution in [3.8, 4) is 0 Å². The van der Waals surface area contributed by atoms with Crippen molar-refractivity contribution in [1.29, 1.82) is 0 Å². The maximum absolute atomic E-state index is 13.9. The van der Waals surface area contributed by atoms with Gasteiger partial charge in [0.2, 0.25) is 11.8 Å². The van der Waals surface area contributed by atoms with E-state index in [1.54, 1.807) is 19.2 Å². The van der Waals surface area contributed by atoms with Crippen molar-refractivity contribution in [2.24, 2.45) is 11.8 Å². The predicted octanol–water partition coefficient (Wildman–Crippen LogP) is 3.82. The fourth-order valence-electron chi connectivity index (χ4n) is 4.97. The summed E-state index contributed by atoms with van der Waals surface area (Å²) < 4.78 is 74.5. The molecule has 2 aliphatic carbocycles. The number of alkyl halides is 5. The summed E-state index contributed by atoms with van der Waals surface area (Å²) >= 11 is 0. The lowest BCUT2D eigenvalue weighted by molar-refractivity contribution is -0.321. The number of nitrogens with zero attached hydrogens (tertiary/aromatic N) is 5. The molecule has 2 aliphatic rings. The number of hydrogen-bond acceptors (Lipinski definition) is 8. The number of carbonyl (C=O) groups excluding carboxylic acids is 2. The summed E-state index contributed by atoms with van der Waals surface area (Å²) in [4.78, 5) is 29.7. The Labute approximate surface area is 223 Å². The zero-order chi connectivity index (χ0) is 28.7. The van der Waals surface area contributed by atoms with Crippen molar-refractivity contribution >= 4 is 17.5 Å². The van der Waals surface area contributed by atoms with Gasteiger partial charge in [0.15, 0.2) is 11.3 Å². The molecule has 2 fully saturated rings. The molecule has 16 heteroatoms. The number of rotatable bonds is 9. The fourth-order valence-corrected chi connectivity index (χ4v) is 4.97. The highest BCUT2D eigenvalue weighted by Crippen LogP contribution is 2.42. The van der Waals surface area contributed by atoms with Gasteiger partial charge >= 0.3 is 6.36 Å². The van der Waals surface area contributed by atoms with Crippen LogP contribution in [-0.2, 0) is 9.53 Å². The summed E-state index contributed by atoms with van der Waals surface area (Å²) in [5.41, 5.74) is 1.50. The Hall–Kier alpha value is -3.69. The number of carbonyl (C=O) groups is 2. The predicted molar refractivity (Wildman–Crippen MR) is 125 cm³/mol. The minimum Gasteiger partial charge on any atom is -0.347 e. The van der Waals surface area contributed by atoms with Crippen molar-refractivity contribution in [1.82, 2.24) is 35.5 Å². The van der Waals surface area contributed by atoms with E-state index in [4.69, 9.17) is 0 Å². The lowest BCUT2D eigenvalue weighted by Gasteiger charge is -2.33. The zero-order valence-electron chi connectivity index (χ0n) is 21.3. The molecule has 1 unspecified atom stereocenters. The summed E-state index contributed by atoms with van der Waals surface area (Å²) in [5, 5.41) is 17.0. The van der Waals surface area contributed by atoms with Crippen molar-refractivity contribution in [2.45, 2.75) is 69.8 Å². The van der Waals surface area contributed by atoms with E-state index in [1.807, 2.05) is 0 Å². The highest BCUT2D eigenvalue weighted by molar-refractivity contribution is 5.93. The molecule has 0 bridgehead atoms. The maximum atomic E-state index is 13.9. The van der Waals surface area contributed by atoms with Gasteiger partial charge in [0.25, 0.3) is 5.91 Å². The molecular formula is C24H26F5N7O4. The Kier molecular flexibility index (Phi) is 7.46. The second kappa shape index (κ2) is 10.7. The second-order valence-corrected chi connectivity index (χ2v) is 10.2. The first-order chi connectivity index (χ1) is 18.9. The van der Waals surface area contributed by atoms with E-state index in [-0.39, 0.29) is 48.9 Å². The third-order valence-corrected chi connectivity index (χ3v) is 7.20. The molecule has 11 nitrogen and oxygen atoms in total. The lowest BCUT2D eigenvalue weighted by atomic mass is 9.81. The average Bonchev–Trinajstić information content (AvgIpc) is 3.49. The normalized spacial score (nSPS) is 19.4. The number of imidazole rings is 1. The quantitative estimate of drug-likeness (QED) is 0.370. The van der Waals surface area contributed by atoms with E-state index in [0.717, 1.165) is 12.8 Å². The van der Waals surface area contributed by atoms with Gasteiger partial charge in [-0.2, -0.15) is 5.10 Å². The molecule has 3 heterocycles. The second-order valence-electron chi connectivity index (χ2n) is 10.2. The summed E-state index contributed by atoms with van der Waals surface area (Å²) in [7, 11) is 0. The van der Waals surface area contributed by atoms with Crippen LogP contribution in [0.1, 0.15) is 78.0 Å². The Morgan fingerprint density at radius 1 is 1.12 bits per heavy atom. The van der Waals surface area contributed by atoms with E-state index in [1.165, 1.54) is 10.7 Å². The van der Waals surface area contributed by atoms with E-state index >= 15 is 0 Å². The van der Waals surface area contributed by atoms with Crippen LogP contribution in [-0.4, -0.2) is 55.6 Å². The van der Waals surface area contributed by atoms with E-state index in [9.17, 15) is 31.5 Å². The number of halogens is 5. The minimum absolute atomic E-state index is 0.0174. The fraction of sp³-hybridized carbons (Fsp3) is 0.583. The molecule has 0 saturated heterocycles. The molecule has 0 radical (unpaired) electrons. The SMILES string of the molecule is Cc1nonc1C(=O)N[C@H](c1cn2ncc(C(NC(=O)COC(F)(F)F)C3CC3)cc2n1)C1CCC(F)(F)CC1. The number of hydrogen-bond donors (Lipinski definition) is 2. The monoisotopic (exact) mass is 571 g/mol. The Morgan fingerprint density at radius 3 is 2.45 bits per heavy atom. The topological polar surface area (TPSA) is 137 Å². The minimum atomic E-state index is -4.93. The van der Waals surface area contributed by atoms with Crippen LogP contribution in [0.25, 0.3) is 5.65 Å². The van der Waals surface area contributed by atoms with Gasteiger partial charge in [-0.1, -0.05) is 5.16 Å². The Bertz CT molecular complexity index is 1380. The molecule has 2 saturated carbocycles. The van der Waals surface area contributed by atoms with Crippen molar-refractivity contribution in [3.05, 3.63) is 41.1 Å². The first-order valence-corrected chi connectivity index (χ1v) is 12.7. The molecule has 0 aliphatic heterocycles. The maximum Gasteiger partial charge on any atom is 0.523 e. The molecule has 216 valence electrons. The Balaban J connectivity index is 1.39. The van der Waals surface area contributed by atoms with Crippen molar-refractivity contribution in [3.63, 3.8) is 0 Å². The highest BCUT2D eigenvalue weighted by atomic mass is 19.4. The number of fused-ring (bicyclic) bond motifs is 1. The summed E-state index contributed by atoms with van der Waals surface area (Å²) in [6.07, 6.45) is -0.692. The van der Waals surface area contributed by atoms with Gasteiger partial charge < -0.3 is 10.6 Å². The number of amides is 2. The molecular weight excluding hydrogens is 545 g/mol. The molecule has 2 atom stereocenters. The zero-order valence-corrected chi connectivity index (χ0v) is 21.3. The number of aromatic nitrogens is 5. The largest absolute Gasteiger partial charge is 0.523 e. The van der Waals surface area contributed by atoms with Crippen LogP contribution in [0.2, 0.25) is 0 Å². The van der Waals surface area contributed by atoms with Crippen LogP contribution in [0.4, 0.5) is 22.0 Å². The molecule has 2 amide bonds. The van der Waals surface area contributed by atoms with Gasteiger partial charge in [0, 0.05) is 12.8 Å². The first-order valence-electron chi connectivity index (χ1n) is 12.7. The smallest absolute Gasteiger partial charge is 0.347 e. The van der Waals surface area contributed by atoms with Gasteiger partial charge in [0.05, 0.1) is 30.2 Å². The number of nitrogens with one attached hydrogen (secondary N) is 2. The van der Waals surface area contributed by atoms with Gasteiger partial charge in [-0.3, -0.25) is 14.3 Å². The summed E-state index contributed by atoms with van der Waals surface area (Å²) in [5.74, 6) is -4.62. The summed E-state index contributed by atoms with van der Waals surface area (Å²) in [6, 6.07) is 0.299.